The van der Waals surface area contributed by atoms with Gasteiger partial charge in [0.1, 0.15) is 12.0 Å². The van der Waals surface area contributed by atoms with E-state index in [1.54, 1.807) is 45.3 Å². The Balaban J connectivity index is 0.00000283. The molecule has 1 saturated heterocycles. The summed E-state index contributed by atoms with van der Waals surface area (Å²) in [5, 5.41) is 18.1. The van der Waals surface area contributed by atoms with E-state index in [0.717, 1.165) is 24.0 Å². The van der Waals surface area contributed by atoms with Gasteiger partial charge in [0.05, 0.1) is 74.6 Å². The number of methoxy groups -OCH3 is 3. The Hall–Kier alpha value is -4.11. The molecule has 70 heavy (non-hydrogen) atoms. The fraction of sp³-hybridized carbons (Fsp3) is 0.640. The van der Waals surface area contributed by atoms with Gasteiger partial charge < -0.3 is 54.6 Å². The van der Waals surface area contributed by atoms with E-state index < -0.39 is 54.4 Å². The number of carboxylic acid groups (broad SMARTS) is 1. The number of carbonyl (C=O) groups is 6. The van der Waals surface area contributed by atoms with Crippen molar-refractivity contribution in [3.8, 4) is 0 Å². The van der Waals surface area contributed by atoms with E-state index in [9.17, 15) is 37.1 Å². The summed E-state index contributed by atoms with van der Waals surface area (Å²) in [6.45, 7) is 14.7. The number of nitrogens with one attached hydrogen (secondary N) is 3. The van der Waals surface area contributed by atoms with Gasteiger partial charge in [-0.3, -0.25) is 19.2 Å². The van der Waals surface area contributed by atoms with Crippen molar-refractivity contribution in [2.24, 2.45) is 23.7 Å². The predicted molar refractivity (Wildman–Crippen MR) is 251 cm³/mol. The van der Waals surface area contributed by atoms with E-state index in [2.05, 4.69) is 16.0 Å². The second-order valence-electron chi connectivity index (χ2n) is 18.2. The number of benzene rings is 2. The summed E-state index contributed by atoms with van der Waals surface area (Å²) in [5.41, 5.74) is 2.37. The van der Waals surface area contributed by atoms with Gasteiger partial charge in [-0.25, -0.2) is 4.79 Å². The van der Waals surface area contributed by atoms with Crippen molar-refractivity contribution >= 4 is 35.6 Å². The number of carboxylic acids is 1. The summed E-state index contributed by atoms with van der Waals surface area (Å²) in [7, 11) is 7.95. The number of amides is 4. The monoisotopic (exact) mass is 1000 g/mol. The van der Waals surface area contributed by atoms with Crippen LogP contribution in [0.15, 0.2) is 54.6 Å². The number of esters is 1. The van der Waals surface area contributed by atoms with Gasteiger partial charge in [0, 0.05) is 27.8 Å². The van der Waals surface area contributed by atoms with Gasteiger partial charge in [-0.05, 0) is 67.3 Å². The van der Waals surface area contributed by atoms with Crippen LogP contribution in [0.25, 0.3) is 0 Å². The second kappa shape index (κ2) is 31.4. The van der Waals surface area contributed by atoms with Crippen LogP contribution in [0.2, 0.25) is 0 Å². The Morgan fingerprint density at radius 1 is 0.843 bits per heavy atom. The summed E-state index contributed by atoms with van der Waals surface area (Å²) < 4.78 is 54.6. The number of carbonyl (C=O) groups excluding carboxylic acids is 6. The summed E-state index contributed by atoms with van der Waals surface area (Å²) in [6, 6.07) is 14.5. The molecule has 3 rings (SSSR count). The summed E-state index contributed by atoms with van der Waals surface area (Å²) in [6.07, 6.45) is -3.72. The largest absolute Gasteiger partial charge is 1.00 e. The molecule has 388 valence electrons. The Morgan fingerprint density at radius 3 is 1.91 bits per heavy atom. The van der Waals surface area contributed by atoms with Gasteiger partial charge in [0.15, 0.2) is 0 Å². The molecule has 1 fully saturated rings. The van der Waals surface area contributed by atoms with Crippen molar-refractivity contribution in [2.75, 3.05) is 48.6 Å². The molecule has 2 aromatic rings. The number of hydrogen-bond acceptors (Lipinski definition) is 12. The molecule has 2 aromatic carbocycles. The molecule has 1 aliphatic rings. The Labute approximate surface area is 434 Å². The van der Waals surface area contributed by atoms with Crippen LogP contribution >= 0.6 is 0 Å². The number of rotatable bonds is 25. The molecule has 9 atom stereocenters. The Bertz CT molecular complexity index is 1930. The molecule has 0 aliphatic carbocycles. The van der Waals surface area contributed by atoms with Crippen molar-refractivity contribution in [1.29, 1.82) is 0 Å². The molecule has 1 aliphatic heterocycles. The minimum Gasteiger partial charge on any atom is -0.542 e. The second-order valence-corrected chi connectivity index (χ2v) is 18.2. The molecular formula is C50H75F3N5NaO11. The molecule has 20 heteroatoms. The average Bonchev–Trinajstić information content (AvgIpc) is 3.80. The van der Waals surface area contributed by atoms with Gasteiger partial charge in [-0.2, -0.15) is 13.2 Å². The maximum Gasteiger partial charge on any atom is 1.00 e. The predicted octanol–water partition coefficient (Wildman–Crippen LogP) is 1.33. The average molecular weight is 1000 g/mol. The third kappa shape index (κ3) is 19.5. The van der Waals surface area contributed by atoms with Crippen LogP contribution in [0.1, 0.15) is 95.6 Å². The Morgan fingerprint density at radius 2 is 1.43 bits per heavy atom. The van der Waals surface area contributed by atoms with Crippen molar-refractivity contribution in [3.05, 3.63) is 71.3 Å². The van der Waals surface area contributed by atoms with Crippen molar-refractivity contribution < 1.29 is 95.5 Å². The van der Waals surface area contributed by atoms with E-state index in [-0.39, 0.29) is 103 Å². The number of aliphatic carboxylic acids is 1. The van der Waals surface area contributed by atoms with Crippen molar-refractivity contribution in [2.45, 2.75) is 136 Å². The number of halogens is 3. The van der Waals surface area contributed by atoms with E-state index in [0.29, 0.717) is 24.9 Å². The zero-order valence-corrected chi connectivity index (χ0v) is 45.2. The van der Waals surface area contributed by atoms with Crippen LogP contribution in [0.3, 0.4) is 0 Å². The smallest absolute Gasteiger partial charge is 0.542 e. The number of hydrogen-bond donors (Lipinski definition) is 3. The quantitative estimate of drug-likeness (QED) is 0.0953. The number of likely N-dealkylation sites (tertiary alicyclic amines) is 1. The first-order valence-corrected chi connectivity index (χ1v) is 23.4. The van der Waals surface area contributed by atoms with E-state index >= 15 is 0 Å². The molecule has 4 amide bonds. The maximum atomic E-state index is 14.4. The molecule has 0 aromatic heterocycles. The molecule has 0 bridgehead atoms. The van der Waals surface area contributed by atoms with Crippen molar-refractivity contribution in [3.63, 3.8) is 0 Å². The number of ether oxygens (including phenoxy) is 4. The van der Waals surface area contributed by atoms with Crippen molar-refractivity contribution in [1.82, 2.24) is 25.8 Å². The van der Waals surface area contributed by atoms with Crippen LogP contribution in [-0.2, 0) is 55.9 Å². The Kier molecular flexibility index (Phi) is 28.6. The van der Waals surface area contributed by atoms with Crippen LogP contribution in [0.5, 0.6) is 0 Å². The van der Waals surface area contributed by atoms with E-state index in [4.69, 9.17) is 28.8 Å². The SMILES string of the molecule is CC[C@H](C)[C@@H]([C@@H](CC(=O)N1CCC[C@H]1[C@H](OC)[C@@H](C)C(=O)N[C@H](COCc1ccc(C(=O)OC)cc1)Cc1ccccc1)OC)N(C)C(=O)[C@@H](NC(=O)[C@@H](NC)C(C)C)C(C)C.O=C([O-])C(F)(F)F.[Na+]. The molecule has 0 radical (unpaired) electrons. The number of likely N-dealkylation sites (N-methyl/N-ethyl adjacent to an activating group) is 2. The number of alkyl halides is 3. The van der Waals surface area contributed by atoms with Gasteiger partial charge in [-0.15, -0.1) is 0 Å². The van der Waals surface area contributed by atoms with E-state index in [1.807, 2.05) is 95.8 Å². The van der Waals surface area contributed by atoms with E-state index in [1.165, 1.54) is 7.11 Å². The molecule has 1 heterocycles. The van der Waals surface area contributed by atoms with Gasteiger partial charge in [-0.1, -0.05) is 97.4 Å². The first-order chi connectivity index (χ1) is 32.5. The zero-order valence-electron chi connectivity index (χ0n) is 43.2. The molecule has 0 spiro atoms. The number of nitrogens with zero attached hydrogens (tertiary/aromatic N) is 2. The normalized spacial score (nSPS) is 17.0. The van der Waals surface area contributed by atoms with Crippen LogP contribution < -0.4 is 50.6 Å². The van der Waals surface area contributed by atoms with Gasteiger partial charge in [0.2, 0.25) is 23.6 Å². The maximum absolute atomic E-state index is 14.4. The minimum absolute atomic E-state index is 0. The van der Waals surface area contributed by atoms with Gasteiger partial charge >= 0.3 is 41.7 Å². The fourth-order valence-electron chi connectivity index (χ4n) is 8.61. The summed E-state index contributed by atoms with van der Waals surface area (Å²) in [4.78, 5) is 80.1. The topological polar surface area (TPSA) is 205 Å². The third-order valence-electron chi connectivity index (χ3n) is 12.6. The summed E-state index contributed by atoms with van der Waals surface area (Å²) in [5.74, 6) is -5.05. The van der Waals surface area contributed by atoms with Gasteiger partial charge in [0.25, 0.3) is 0 Å². The summed E-state index contributed by atoms with van der Waals surface area (Å²) >= 11 is 0. The standard InChI is InChI=1S/C48H75N5O9.C2HF3O2.Na/c1-13-32(6)43(52(9)47(57)42(31(4)5)51-46(56)41(49-8)30(2)3)39(59-10)27-40(54)53-25-17-20-38(53)44(60-11)33(7)45(55)50-37(26-34-18-15-14-16-19-34)29-62-28-35-21-23-36(24-22-35)48(58)61-12;3-2(4,5)1(6)7;/h14-16,18-19,21-24,30-33,37-39,41-44,49H,13,17,20,25-29H2,1-12H3,(H,50,55)(H,51,56);(H,6,7);/q;;+1/p-1/t32-,33+,37-,38-,39+,41-,42-,43-,44+;;/m0../s1. The molecular weight excluding hydrogens is 927 g/mol. The minimum atomic E-state index is -5.19. The van der Waals surface area contributed by atoms with Crippen LogP contribution in [-0.4, -0.2) is 143 Å². The fourth-order valence-corrected chi connectivity index (χ4v) is 8.61. The third-order valence-corrected chi connectivity index (χ3v) is 12.6. The van der Waals surface area contributed by atoms with Crippen LogP contribution in [0.4, 0.5) is 13.2 Å². The van der Waals surface area contributed by atoms with Crippen LogP contribution in [0, 0.1) is 23.7 Å². The molecule has 3 N–H and O–H groups in total. The molecule has 0 unspecified atom stereocenters. The molecule has 0 saturated carbocycles. The molecule has 16 nitrogen and oxygen atoms in total. The first-order valence-electron chi connectivity index (χ1n) is 23.4. The first kappa shape index (κ1) is 63.9. The zero-order chi connectivity index (χ0) is 52.2.